The summed E-state index contributed by atoms with van der Waals surface area (Å²) in [6.07, 6.45) is 2.33. The number of hydrogen-bond donors (Lipinski definition) is 0. The molecule has 0 bridgehead atoms. The van der Waals surface area contributed by atoms with Gasteiger partial charge in [0.2, 0.25) is 0 Å². The Hall–Kier alpha value is -1.46. The van der Waals surface area contributed by atoms with Gasteiger partial charge in [0, 0.05) is 12.1 Å². The van der Waals surface area contributed by atoms with Gasteiger partial charge in [-0.3, -0.25) is 10.1 Å². The maximum absolute atomic E-state index is 10.5. The van der Waals surface area contributed by atoms with Crippen LogP contribution >= 0.6 is 0 Å². The van der Waals surface area contributed by atoms with Gasteiger partial charge in [-0.05, 0) is 17.7 Å². The smallest absolute Gasteiger partial charge is 0.269 e. The van der Waals surface area contributed by atoms with E-state index in [1.165, 1.54) is 12.1 Å². The number of non-ortho nitro benzene ring substituents is 1. The molecule has 5 heteroatoms. The van der Waals surface area contributed by atoms with Crippen molar-refractivity contribution in [3.63, 3.8) is 0 Å². The number of nitrogens with zero attached hydrogens (tertiary/aromatic N) is 1. The molecule has 0 radical (unpaired) electrons. The van der Waals surface area contributed by atoms with Crippen LogP contribution in [0.4, 0.5) is 5.69 Å². The SMILES string of the molecule is C[Si](C)(C)/C=C/[C@@H]1O[C@@H]1c1ccc([N+](=O)[O-])cc1. The quantitative estimate of drug-likeness (QED) is 0.362. The second-order valence-corrected chi connectivity index (χ2v) is 10.7. The molecule has 18 heavy (non-hydrogen) atoms. The standard InChI is InChI=1S/C13H17NO3Si/c1-18(2,3)9-8-12-13(17-12)10-4-6-11(7-5-10)14(15)16/h4-9,12-13H,1-3H3/b9-8+/t12-,13+/m0/s1. The number of nitro groups is 1. The summed E-state index contributed by atoms with van der Waals surface area (Å²) < 4.78 is 5.56. The lowest BCUT2D eigenvalue weighted by Gasteiger charge is -2.07. The second-order valence-electron chi connectivity index (χ2n) is 5.60. The molecule has 0 aliphatic carbocycles. The van der Waals surface area contributed by atoms with Crippen LogP contribution < -0.4 is 0 Å². The third-order valence-corrected chi connectivity index (χ3v) is 3.94. The summed E-state index contributed by atoms with van der Waals surface area (Å²) in [5, 5.41) is 10.5. The van der Waals surface area contributed by atoms with Crippen LogP contribution in [0.3, 0.4) is 0 Å². The average Bonchev–Trinajstić information content (AvgIpc) is 3.05. The number of rotatable bonds is 4. The molecule has 0 N–H and O–H groups in total. The maximum atomic E-state index is 10.5. The average molecular weight is 263 g/mol. The van der Waals surface area contributed by atoms with Crippen LogP contribution in [0.1, 0.15) is 11.7 Å². The van der Waals surface area contributed by atoms with E-state index in [1.807, 2.05) is 0 Å². The Morgan fingerprint density at radius 3 is 2.39 bits per heavy atom. The van der Waals surface area contributed by atoms with Crippen LogP contribution in [0.25, 0.3) is 0 Å². The van der Waals surface area contributed by atoms with Crippen molar-refractivity contribution >= 4 is 13.8 Å². The minimum Gasteiger partial charge on any atom is -0.360 e. The number of ether oxygens (including phenoxy) is 1. The molecule has 1 aromatic rings. The normalized spacial score (nSPS) is 23.3. The molecule has 0 amide bonds. The molecule has 96 valence electrons. The summed E-state index contributed by atoms with van der Waals surface area (Å²) in [7, 11) is -1.18. The molecule has 0 unspecified atom stereocenters. The predicted molar refractivity (Wildman–Crippen MR) is 73.2 cm³/mol. The number of nitro benzene ring substituents is 1. The van der Waals surface area contributed by atoms with Gasteiger partial charge in [0.1, 0.15) is 12.2 Å². The second kappa shape index (κ2) is 4.66. The van der Waals surface area contributed by atoms with Gasteiger partial charge in [-0.2, -0.15) is 0 Å². The Morgan fingerprint density at radius 2 is 1.89 bits per heavy atom. The highest BCUT2D eigenvalue weighted by Gasteiger charge is 2.38. The van der Waals surface area contributed by atoms with E-state index in [9.17, 15) is 10.1 Å². The van der Waals surface area contributed by atoms with Gasteiger partial charge in [0.25, 0.3) is 5.69 Å². The van der Waals surface area contributed by atoms with Crippen molar-refractivity contribution in [1.29, 1.82) is 0 Å². The lowest BCUT2D eigenvalue weighted by atomic mass is 10.1. The molecule has 1 aromatic carbocycles. The summed E-state index contributed by atoms with van der Waals surface area (Å²) in [6, 6.07) is 6.59. The fourth-order valence-electron chi connectivity index (χ4n) is 1.71. The number of epoxide rings is 1. The molecule has 1 heterocycles. The first-order chi connectivity index (χ1) is 8.37. The van der Waals surface area contributed by atoms with E-state index in [2.05, 4.69) is 31.4 Å². The number of benzene rings is 1. The van der Waals surface area contributed by atoms with Crippen LogP contribution in [0.2, 0.25) is 19.6 Å². The lowest BCUT2D eigenvalue weighted by molar-refractivity contribution is -0.384. The van der Waals surface area contributed by atoms with Gasteiger partial charge >= 0.3 is 0 Å². The molecule has 0 spiro atoms. The third-order valence-electron chi connectivity index (χ3n) is 2.74. The van der Waals surface area contributed by atoms with Crippen LogP contribution in [-0.4, -0.2) is 19.1 Å². The topological polar surface area (TPSA) is 55.7 Å². The van der Waals surface area contributed by atoms with Crippen molar-refractivity contribution in [3.05, 3.63) is 51.7 Å². The molecule has 1 fully saturated rings. The largest absolute Gasteiger partial charge is 0.360 e. The first kappa shape index (κ1) is 13.0. The highest BCUT2D eigenvalue weighted by molar-refractivity contribution is 6.80. The minimum atomic E-state index is -1.18. The third kappa shape index (κ3) is 3.27. The molecule has 1 saturated heterocycles. The van der Waals surface area contributed by atoms with Gasteiger partial charge in [-0.1, -0.05) is 31.4 Å². The molecule has 2 rings (SSSR count). The summed E-state index contributed by atoms with van der Waals surface area (Å²) in [5.74, 6) is 0. The summed E-state index contributed by atoms with van der Waals surface area (Å²) in [4.78, 5) is 10.2. The van der Waals surface area contributed by atoms with E-state index in [1.54, 1.807) is 12.1 Å². The van der Waals surface area contributed by atoms with E-state index >= 15 is 0 Å². The van der Waals surface area contributed by atoms with Gasteiger partial charge in [-0.15, -0.1) is 0 Å². The van der Waals surface area contributed by atoms with Crippen molar-refractivity contribution in [2.75, 3.05) is 0 Å². The van der Waals surface area contributed by atoms with E-state index in [0.29, 0.717) is 0 Å². The fourth-order valence-corrected chi connectivity index (χ4v) is 2.47. The van der Waals surface area contributed by atoms with Crippen LogP contribution in [-0.2, 0) is 4.74 Å². The zero-order valence-electron chi connectivity index (χ0n) is 10.8. The molecule has 0 aromatic heterocycles. The van der Waals surface area contributed by atoms with Gasteiger partial charge in [0.15, 0.2) is 0 Å². The number of hydrogen-bond acceptors (Lipinski definition) is 3. The Bertz CT molecular complexity index is 476. The highest BCUT2D eigenvalue weighted by atomic mass is 28.3. The Morgan fingerprint density at radius 1 is 1.28 bits per heavy atom. The minimum absolute atomic E-state index is 0.0680. The Balaban J connectivity index is 1.99. The van der Waals surface area contributed by atoms with Crippen molar-refractivity contribution in [2.45, 2.75) is 31.8 Å². The highest BCUT2D eigenvalue weighted by Crippen LogP contribution is 2.40. The summed E-state index contributed by atoms with van der Waals surface area (Å²) in [5.41, 5.74) is 3.39. The van der Waals surface area contributed by atoms with Crippen LogP contribution in [0.15, 0.2) is 36.0 Å². The van der Waals surface area contributed by atoms with E-state index < -0.39 is 8.07 Å². The van der Waals surface area contributed by atoms with Gasteiger partial charge in [0.05, 0.1) is 13.0 Å². The molecule has 0 saturated carbocycles. The van der Waals surface area contributed by atoms with Crippen molar-refractivity contribution in [3.8, 4) is 0 Å². The predicted octanol–water partition coefficient (Wildman–Crippen LogP) is 3.47. The first-order valence-corrected chi connectivity index (χ1v) is 9.54. The maximum Gasteiger partial charge on any atom is 0.269 e. The zero-order valence-corrected chi connectivity index (χ0v) is 11.8. The Labute approximate surface area is 107 Å². The van der Waals surface area contributed by atoms with Gasteiger partial charge in [-0.25, -0.2) is 0 Å². The van der Waals surface area contributed by atoms with Crippen molar-refractivity contribution < 1.29 is 9.66 Å². The van der Waals surface area contributed by atoms with E-state index in [0.717, 1.165) is 5.56 Å². The van der Waals surface area contributed by atoms with Gasteiger partial charge < -0.3 is 4.74 Å². The lowest BCUT2D eigenvalue weighted by Crippen LogP contribution is -2.15. The molecular weight excluding hydrogens is 246 g/mol. The van der Waals surface area contributed by atoms with Crippen molar-refractivity contribution in [1.82, 2.24) is 0 Å². The van der Waals surface area contributed by atoms with Crippen molar-refractivity contribution in [2.24, 2.45) is 0 Å². The molecule has 2 atom stereocenters. The first-order valence-electron chi connectivity index (χ1n) is 5.96. The van der Waals surface area contributed by atoms with Crippen LogP contribution in [0.5, 0.6) is 0 Å². The fraction of sp³-hybridized carbons (Fsp3) is 0.385. The molecule has 1 aliphatic rings. The molecular formula is C13H17NO3Si. The summed E-state index contributed by atoms with van der Waals surface area (Å²) in [6.45, 7) is 6.81. The molecule has 4 nitrogen and oxygen atoms in total. The molecule has 1 aliphatic heterocycles. The van der Waals surface area contributed by atoms with E-state index in [4.69, 9.17) is 4.74 Å². The zero-order chi connectivity index (χ0) is 13.3. The summed E-state index contributed by atoms with van der Waals surface area (Å²) >= 11 is 0. The monoisotopic (exact) mass is 263 g/mol. The van der Waals surface area contributed by atoms with E-state index in [-0.39, 0.29) is 22.8 Å². The Kier molecular flexibility index (Phi) is 3.36. The van der Waals surface area contributed by atoms with Crippen LogP contribution in [0, 0.1) is 10.1 Å².